The molecular weight excluding hydrogens is 265 g/mol. The van der Waals surface area contributed by atoms with Crippen molar-refractivity contribution in [1.82, 2.24) is 0 Å². The van der Waals surface area contributed by atoms with E-state index in [-0.39, 0.29) is 5.82 Å². The summed E-state index contributed by atoms with van der Waals surface area (Å²) in [5.74, 6) is -0.238. The molecule has 2 rings (SSSR count). The summed E-state index contributed by atoms with van der Waals surface area (Å²) in [4.78, 5) is 11.3. The second-order valence-corrected chi connectivity index (χ2v) is 5.37. The normalized spacial score (nSPS) is 11.4. The van der Waals surface area contributed by atoms with E-state index >= 15 is 0 Å². The third-order valence-corrected chi connectivity index (χ3v) is 4.24. The maximum atomic E-state index is 13.2. The van der Waals surface area contributed by atoms with Gasteiger partial charge >= 0.3 is 0 Å². The van der Waals surface area contributed by atoms with E-state index in [4.69, 9.17) is 0 Å². The van der Waals surface area contributed by atoms with Gasteiger partial charge in [0, 0.05) is 0 Å². The van der Waals surface area contributed by atoms with Crippen LogP contribution in [0.25, 0.3) is 11.1 Å². The minimum atomic E-state index is -0.677. The van der Waals surface area contributed by atoms with E-state index in [1.165, 1.54) is 12.1 Å². The Morgan fingerprint density at radius 3 is 2.38 bits per heavy atom. The molecule has 3 heteroatoms. The number of hydrogen-bond acceptors (Lipinski definition) is 2. The second kappa shape index (κ2) is 6.17. The van der Waals surface area contributed by atoms with Gasteiger partial charge in [0.15, 0.2) is 0 Å². The van der Waals surface area contributed by atoms with Gasteiger partial charge in [-0.05, 0) is 60.2 Å². The molecule has 2 aromatic rings. The fourth-order valence-corrected chi connectivity index (χ4v) is 2.77. The third-order valence-electron chi connectivity index (χ3n) is 4.24. The SMILES string of the molecule is CCC(CC)(N=O)c1cccc(-c2ccc(F)cc2C)c1. The predicted molar refractivity (Wildman–Crippen MR) is 84.6 cm³/mol. The Hall–Kier alpha value is -2.03. The number of halogens is 1. The molecule has 0 fully saturated rings. The lowest BCUT2D eigenvalue weighted by atomic mass is 9.84. The van der Waals surface area contributed by atoms with Gasteiger partial charge in [-0.15, -0.1) is 4.91 Å². The fraction of sp³-hybridized carbons (Fsp3) is 0.333. The molecule has 0 N–H and O–H groups in total. The zero-order chi connectivity index (χ0) is 15.5. The quantitative estimate of drug-likeness (QED) is 0.659. The minimum Gasteiger partial charge on any atom is -0.207 e. The summed E-state index contributed by atoms with van der Waals surface area (Å²) in [7, 11) is 0. The highest BCUT2D eigenvalue weighted by molar-refractivity contribution is 5.68. The zero-order valence-corrected chi connectivity index (χ0v) is 12.7. The van der Waals surface area contributed by atoms with Gasteiger partial charge in [0.2, 0.25) is 0 Å². The van der Waals surface area contributed by atoms with E-state index in [0.717, 1.165) is 22.3 Å². The van der Waals surface area contributed by atoms with Crippen molar-refractivity contribution in [2.75, 3.05) is 0 Å². The molecule has 0 aliphatic heterocycles. The minimum absolute atomic E-state index is 0.238. The molecular formula is C18H20FNO. The molecule has 2 nitrogen and oxygen atoms in total. The maximum absolute atomic E-state index is 13.2. The summed E-state index contributed by atoms with van der Waals surface area (Å²) >= 11 is 0. The lowest BCUT2D eigenvalue weighted by molar-refractivity contribution is 0.412. The molecule has 21 heavy (non-hydrogen) atoms. The monoisotopic (exact) mass is 285 g/mol. The third kappa shape index (κ3) is 2.87. The predicted octanol–water partition coefficient (Wildman–Crippen LogP) is 5.58. The van der Waals surface area contributed by atoms with Gasteiger partial charge < -0.3 is 0 Å². The van der Waals surface area contributed by atoms with Crippen LogP contribution in [0.2, 0.25) is 0 Å². The molecule has 0 aliphatic carbocycles. The number of nitrogens with zero attached hydrogens (tertiary/aromatic N) is 1. The highest BCUT2D eigenvalue weighted by Gasteiger charge is 2.29. The Balaban J connectivity index is 2.53. The molecule has 0 amide bonds. The van der Waals surface area contributed by atoms with E-state index in [9.17, 15) is 9.30 Å². The molecule has 0 aliphatic rings. The number of nitroso groups, excluding NO2 is 1. The number of aryl methyl sites for hydroxylation is 1. The van der Waals surface area contributed by atoms with Crippen molar-refractivity contribution in [3.05, 3.63) is 64.3 Å². The Labute approximate surface area is 125 Å². The maximum Gasteiger partial charge on any atom is 0.127 e. The lowest BCUT2D eigenvalue weighted by Crippen LogP contribution is -2.20. The number of rotatable bonds is 5. The van der Waals surface area contributed by atoms with Crippen LogP contribution in [0.15, 0.2) is 47.6 Å². The van der Waals surface area contributed by atoms with Crippen LogP contribution < -0.4 is 0 Å². The molecule has 0 atom stereocenters. The Morgan fingerprint density at radius 2 is 1.81 bits per heavy atom. The molecule has 0 saturated heterocycles. The smallest absolute Gasteiger partial charge is 0.127 e. The average Bonchev–Trinajstić information content (AvgIpc) is 2.50. The van der Waals surface area contributed by atoms with Crippen molar-refractivity contribution < 1.29 is 4.39 Å². The van der Waals surface area contributed by atoms with E-state index < -0.39 is 5.54 Å². The topological polar surface area (TPSA) is 29.4 Å². The highest BCUT2D eigenvalue weighted by atomic mass is 19.1. The first kappa shape index (κ1) is 15.4. The largest absolute Gasteiger partial charge is 0.207 e. The van der Waals surface area contributed by atoms with Crippen LogP contribution in [-0.2, 0) is 5.54 Å². The second-order valence-electron chi connectivity index (χ2n) is 5.37. The highest BCUT2D eigenvalue weighted by Crippen LogP contribution is 2.35. The van der Waals surface area contributed by atoms with Crippen molar-refractivity contribution in [1.29, 1.82) is 0 Å². The van der Waals surface area contributed by atoms with Crippen LogP contribution >= 0.6 is 0 Å². The summed E-state index contributed by atoms with van der Waals surface area (Å²) in [5, 5.41) is 3.39. The summed E-state index contributed by atoms with van der Waals surface area (Å²) in [6.45, 7) is 5.83. The molecule has 0 saturated carbocycles. The van der Waals surface area contributed by atoms with Gasteiger partial charge in [-0.3, -0.25) is 0 Å². The molecule has 0 bridgehead atoms. The Kier molecular flexibility index (Phi) is 4.51. The summed E-state index contributed by atoms with van der Waals surface area (Å²) in [6, 6.07) is 12.6. The van der Waals surface area contributed by atoms with Crippen molar-refractivity contribution >= 4 is 0 Å². The molecule has 110 valence electrons. The summed E-state index contributed by atoms with van der Waals surface area (Å²) in [5.41, 5.74) is 3.09. The molecule has 0 aromatic heterocycles. The van der Waals surface area contributed by atoms with Gasteiger partial charge in [0.25, 0.3) is 0 Å². The summed E-state index contributed by atoms with van der Waals surface area (Å²) in [6.07, 6.45) is 1.33. The van der Waals surface area contributed by atoms with E-state index in [1.807, 2.05) is 45.0 Å². The van der Waals surface area contributed by atoms with Crippen LogP contribution in [-0.4, -0.2) is 0 Å². The lowest BCUT2D eigenvalue weighted by Gasteiger charge is -2.24. The fourth-order valence-electron chi connectivity index (χ4n) is 2.77. The van der Waals surface area contributed by atoms with E-state index in [0.29, 0.717) is 12.8 Å². The molecule has 0 spiro atoms. The van der Waals surface area contributed by atoms with Gasteiger partial charge in [-0.25, -0.2) is 4.39 Å². The first-order valence-corrected chi connectivity index (χ1v) is 7.28. The van der Waals surface area contributed by atoms with Crippen LogP contribution in [0, 0.1) is 17.6 Å². The first-order valence-electron chi connectivity index (χ1n) is 7.28. The number of hydrogen-bond donors (Lipinski definition) is 0. The van der Waals surface area contributed by atoms with Gasteiger partial charge in [-0.1, -0.05) is 43.3 Å². The molecule has 0 unspecified atom stereocenters. The van der Waals surface area contributed by atoms with Crippen molar-refractivity contribution in [3.8, 4) is 11.1 Å². The average molecular weight is 285 g/mol. The van der Waals surface area contributed by atoms with Crippen LogP contribution in [0.4, 0.5) is 4.39 Å². The van der Waals surface area contributed by atoms with Gasteiger partial charge in [0.05, 0.1) is 0 Å². The van der Waals surface area contributed by atoms with Crippen molar-refractivity contribution in [3.63, 3.8) is 0 Å². The van der Waals surface area contributed by atoms with Gasteiger partial charge in [-0.2, -0.15) is 0 Å². The van der Waals surface area contributed by atoms with Crippen molar-refractivity contribution in [2.45, 2.75) is 39.2 Å². The Morgan fingerprint density at radius 1 is 1.10 bits per heavy atom. The van der Waals surface area contributed by atoms with Crippen LogP contribution in [0.5, 0.6) is 0 Å². The van der Waals surface area contributed by atoms with Gasteiger partial charge in [0.1, 0.15) is 11.4 Å². The molecule has 2 aromatic carbocycles. The van der Waals surface area contributed by atoms with E-state index in [2.05, 4.69) is 5.18 Å². The molecule has 0 heterocycles. The van der Waals surface area contributed by atoms with Crippen molar-refractivity contribution in [2.24, 2.45) is 5.18 Å². The number of benzene rings is 2. The first-order chi connectivity index (χ1) is 10.1. The summed E-state index contributed by atoms with van der Waals surface area (Å²) < 4.78 is 13.2. The molecule has 0 radical (unpaired) electrons. The standard InChI is InChI=1S/C18H20FNO/c1-4-18(5-2,20-21)15-8-6-7-14(12-15)17-10-9-16(19)11-13(17)3/h6-12H,4-5H2,1-3H3. The van der Waals surface area contributed by atoms with E-state index in [1.54, 1.807) is 6.07 Å². The zero-order valence-electron chi connectivity index (χ0n) is 12.7. The van der Waals surface area contributed by atoms with Crippen LogP contribution in [0.3, 0.4) is 0 Å². The van der Waals surface area contributed by atoms with Crippen LogP contribution in [0.1, 0.15) is 37.8 Å². The Bertz CT molecular complexity index is 647.